The Bertz CT molecular complexity index is 818. The lowest BCUT2D eigenvalue weighted by atomic mass is 9.98. The maximum Gasteiger partial charge on any atom is 0.510 e. The van der Waals surface area contributed by atoms with Gasteiger partial charge in [-0.2, -0.15) is 5.10 Å². The average Bonchev–Trinajstić information content (AvgIpc) is 3.22. The molecule has 0 bridgehead atoms. The van der Waals surface area contributed by atoms with Crippen molar-refractivity contribution in [2.75, 3.05) is 11.9 Å². The van der Waals surface area contributed by atoms with Gasteiger partial charge < -0.3 is 14.8 Å². The van der Waals surface area contributed by atoms with Crippen molar-refractivity contribution in [1.82, 2.24) is 9.78 Å². The van der Waals surface area contributed by atoms with Crippen LogP contribution >= 0.6 is 15.9 Å². The van der Waals surface area contributed by atoms with Crippen LogP contribution in [0.5, 0.6) is 0 Å². The van der Waals surface area contributed by atoms with Crippen molar-refractivity contribution in [2.24, 2.45) is 5.92 Å². The molecule has 3 unspecified atom stereocenters. The second kappa shape index (κ2) is 6.55. The molecule has 2 aliphatic rings. The van der Waals surface area contributed by atoms with E-state index in [-0.39, 0.29) is 18.6 Å². The van der Waals surface area contributed by atoms with Crippen molar-refractivity contribution in [3.63, 3.8) is 0 Å². The molecule has 2 aromatic rings. The van der Waals surface area contributed by atoms with E-state index < -0.39 is 12.4 Å². The number of halogens is 1. The van der Waals surface area contributed by atoms with Crippen LogP contribution < -0.4 is 5.32 Å². The minimum Gasteiger partial charge on any atom is -0.435 e. The highest BCUT2D eigenvalue weighted by Crippen LogP contribution is 2.45. The summed E-state index contributed by atoms with van der Waals surface area (Å²) >= 11 is 3.65. The van der Waals surface area contributed by atoms with Gasteiger partial charge in [0.25, 0.3) is 0 Å². The monoisotopic (exact) mass is 403 g/mol. The number of aromatic nitrogens is 2. The second-order valence-electron chi connectivity index (χ2n) is 6.01. The molecule has 1 aliphatic heterocycles. The Morgan fingerprint density at radius 2 is 2.20 bits per heavy atom. The summed E-state index contributed by atoms with van der Waals surface area (Å²) in [5, 5.41) is 8.10. The number of hydrogen-bond acceptors (Lipinski definition) is 5. The summed E-state index contributed by atoms with van der Waals surface area (Å²) in [6.07, 6.45) is 3.93. The normalized spacial score (nSPS) is 23.5. The van der Waals surface area contributed by atoms with Gasteiger partial charge in [-0.1, -0.05) is 42.5 Å². The van der Waals surface area contributed by atoms with Gasteiger partial charge in [0.2, 0.25) is 0 Å². The summed E-state index contributed by atoms with van der Waals surface area (Å²) in [5.74, 6) is 0.897. The van der Waals surface area contributed by atoms with Gasteiger partial charge in [-0.25, -0.2) is 9.48 Å². The molecule has 25 heavy (non-hydrogen) atoms. The highest BCUT2D eigenvalue weighted by atomic mass is 79.9. The van der Waals surface area contributed by atoms with Crippen LogP contribution in [-0.4, -0.2) is 28.8 Å². The van der Waals surface area contributed by atoms with Gasteiger partial charge >= 0.3 is 6.16 Å². The first-order chi connectivity index (χ1) is 12.2. The highest BCUT2D eigenvalue weighted by Gasteiger charge is 2.42. The molecule has 0 radical (unpaired) electrons. The zero-order chi connectivity index (χ0) is 17.4. The smallest absolute Gasteiger partial charge is 0.435 e. The van der Waals surface area contributed by atoms with Gasteiger partial charge in [0.05, 0.1) is 17.1 Å². The molecule has 130 valence electrons. The molecule has 0 spiro atoms. The molecule has 0 fully saturated rings. The number of nitrogens with one attached hydrogen (secondary N) is 1. The molecule has 6 nitrogen and oxygen atoms in total. The minimum absolute atomic E-state index is 0.0458. The van der Waals surface area contributed by atoms with E-state index >= 15 is 0 Å². The molecule has 3 atom stereocenters. The summed E-state index contributed by atoms with van der Waals surface area (Å²) < 4.78 is 13.2. The maximum atomic E-state index is 11.8. The summed E-state index contributed by atoms with van der Waals surface area (Å²) in [7, 11) is 0. The zero-order valence-corrected chi connectivity index (χ0v) is 15.3. The molecule has 7 heteroatoms. The number of hydrogen-bond donors (Lipinski definition) is 1. The molecule has 0 saturated carbocycles. The van der Waals surface area contributed by atoms with Crippen LogP contribution in [0, 0.1) is 5.92 Å². The highest BCUT2D eigenvalue weighted by molar-refractivity contribution is 9.10. The summed E-state index contributed by atoms with van der Waals surface area (Å²) in [6, 6.07) is 10.0. The van der Waals surface area contributed by atoms with Crippen LogP contribution in [0.25, 0.3) is 11.3 Å². The van der Waals surface area contributed by atoms with Crippen molar-refractivity contribution >= 4 is 27.9 Å². The Balaban J connectivity index is 1.70. The number of nitrogens with zero attached hydrogens (tertiary/aromatic N) is 2. The molecule has 1 aliphatic carbocycles. The van der Waals surface area contributed by atoms with Crippen LogP contribution in [0.15, 0.2) is 47.0 Å². The van der Waals surface area contributed by atoms with Crippen molar-refractivity contribution in [3.05, 3.63) is 47.0 Å². The van der Waals surface area contributed by atoms with Crippen molar-refractivity contribution in [2.45, 2.75) is 25.6 Å². The predicted octanol–water partition coefficient (Wildman–Crippen LogP) is 4.35. The molecule has 2 heterocycles. The number of benzene rings is 1. The number of anilines is 1. The number of carbonyl (C=O) groups is 1. The Morgan fingerprint density at radius 3 is 2.96 bits per heavy atom. The molecule has 1 N–H and O–H groups in total. The van der Waals surface area contributed by atoms with E-state index in [1.807, 2.05) is 35.0 Å². The number of rotatable bonds is 3. The molecule has 4 rings (SSSR count). The average molecular weight is 404 g/mol. The first kappa shape index (κ1) is 16.2. The molecule has 0 saturated heterocycles. The third-order valence-corrected chi connectivity index (χ3v) is 5.27. The first-order valence-electron chi connectivity index (χ1n) is 8.29. The molecular formula is C18H18BrN3O3. The van der Waals surface area contributed by atoms with E-state index in [0.29, 0.717) is 0 Å². The van der Waals surface area contributed by atoms with Crippen LogP contribution in [0.3, 0.4) is 0 Å². The predicted molar refractivity (Wildman–Crippen MR) is 97.2 cm³/mol. The van der Waals surface area contributed by atoms with Crippen LogP contribution in [-0.2, 0) is 9.47 Å². The Kier molecular flexibility index (Phi) is 4.25. The van der Waals surface area contributed by atoms with Crippen LogP contribution in [0.4, 0.5) is 10.6 Å². The van der Waals surface area contributed by atoms with Crippen LogP contribution in [0.1, 0.15) is 19.4 Å². The molecule has 0 amide bonds. The lowest BCUT2D eigenvalue weighted by Gasteiger charge is -2.35. The van der Waals surface area contributed by atoms with Crippen molar-refractivity contribution < 1.29 is 14.3 Å². The Morgan fingerprint density at radius 1 is 1.40 bits per heavy atom. The Labute approximate surface area is 153 Å². The number of allylic oxidation sites excluding steroid dienone is 2. The van der Waals surface area contributed by atoms with Gasteiger partial charge in [0.15, 0.2) is 6.23 Å². The fraction of sp³-hybridized carbons (Fsp3) is 0.333. The summed E-state index contributed by atoms with van der Waals surface area (Å²) in [4.78, 5) is 11.8. The third-order valence-electron chi connectivity index (χ3n) is 4.52. The van der Waals surface area contributed by atoms with Gasteiger partial charge in [0, 0.05) is 11.5 Å². The number of fused-ring (bicyclic) bond motifs is 3. The summed E-state index contributed by atoms with van der Waals surface area (Å²) in [6.45, 7) is 2.05. The summed E-state index contributed by atoms with van der Waals surface area (Å²) in [5.41, 5.74) is 1.89. The van der Waals surface area contributed by atoms with E-state index in [4.69, 9.17) is 14.6 Å². The topological polar surface area (TPSA) is 65.4 Å². The second-order valence-corrected chi connectivity index (χ2v) is 6.80. The Hall–Kier alpha value is -2.28. The van der Waals surface area contributed by atoms with E-state index in [9.17, 15) is 4.79 Å². The van der Waals surface area contributed by atoms with Gasteiger partial charge in [0.1, 0.15) is 11.5 Å². The maximum absolute atomic E-state index is 11.8. The molecule has 1 aromatic heterocycles. The molecular weight excluding hydrogens is 386 g/mol. The van der Waals surface area contributed by atoms with Gasteiger partial charge in [-0.05, 0) is 29.3 Å². The fourth-order valence-electron chi connectivity index (χ4n) is 3.38. The van der Waals surface area contributed by atoms with Gasteiger partial charge in [-0.3, -0.25) is 0 Å². The van der Waals surface area contributed by atoms with Gasteiger partial charge in [-0.15, -0.1) is 0 Å². The van der Waals surface area contributed by atoms with Crippen molar-refractivity contribution in [1.29, 1.82) is 0 Å². The van der Waals surface area contributed by atoms with E-state index in [2.05, 4.69) is 33.4 Å². The third kappa shape index (κ3) is 2.82. The van der Waals surface area contributed by atoms with Crippen molar-refractivity contribution in [3.8, 4) is 11.3 Å². The van der Waals surface area contributed by atoms with E-state index in [0.717, 1.165) is 28.0 Å². The first-order valence-corrected chi connectivity index (χ1v) is 9.08. The van der Waals surface area contributed by atoms with E-state index in [1.54, 1.807) is 6.92 Å². The largest absolute Gasteiger partial charge is 0.510 e. The SMILES string of the molecule is CCOC(=O)OC1Nc2c(Br)c(-c3ccccc3)nn2C2C=CCC12. The molecule has 1 aromatic carbocycles. The van der Waals surface area contributed by atoms with Crippen LogP contribution in [0.2, 0.25) is 0 Å². The lowest BCUT2D eigenvalue weighted by molar-refractivity contribution is 0.00597. The standard InChI is InChI=1S/C18H18BrN3O3/c1-2-24-18(23)25-17-12-9-6-10-13(12)22-16(20-17)14(19)15(21-22)11-7-4-3-5-8-11/h3-8,10,12-13,17,20H,2,9H2,1H3. The zero-order valence-electron chi connectivity index (χ0n) is 13.7. The minimum atomic E-state index is -0.655. The quantitative estimate of drug-likeness (QED) is 0.609. The van der Waals surface area contributed by atoms with E-state index in [1.165, 1.54) is 0 Å². The number of carbonyl (C=O) groups excluding carboxylic acids is 1. The fourth-order valence-corrected chi connectivity index (χ4v) is 3.98. The number of ether oxygens (including phenoxy) is 2. The lowest BCUT2D eigenvalue weighted by Crippen LogP contribution is -2.42.